The SMILES string of the molecule is COCCOc1ccc2cc(Br)cc(CCNC(C)=O)c2c1. The zero-order valence-corrected chi connectivity index (χ0v) is 14.4. The standard InChI is InChI=1S/C17H20BrNO3/c1-12(20)19-6-5-14-10-15(18)9-13-3-4-16(11-17(13)14)22-8-7-21-2/h3-4,9-11H,5-8H2,1-2H3,(H,19,20). The molecule has 0 fully saturated rings. The number of rotatable bonds is 7. The minimum Gasteiger partial charge on any atom is -0.491 e. The van der Waals surface area contributed by atoms with Crippen LogP contribution in [-0.2, 0) is 16.0 Å². The summed E-state index contributed by atoms with van der Waals surface area (Å²) in [7, 11) is 1.65. The molecule has 5 heteroatoms. The number of hydrogen-bond acceptors (Lipinski definition) is 3. The molecular formula is C17H20BrNO3. The number of amides is 1. The Morgan fingerprint density at radius 2 is 2.05 bits per heavy atom. The van der Waals surface area contributed by atoms with Crippen molar-refractivity contribution in [3.05, 3.63) is 40.4 Å². The molecule has 0 bridgehead atoms. The van der Waals surface area contributed by atoms with Crippen LogP contribution in [0, 0.1) is 0 Å². The van der Waals surface area contributed by atoms with Gasteiger partial charge in [0.15, 0.2) is 0 Å². The van der Waals surface area contributed by atoms with Gasteiger partial charge in [-0.05, 0) is 47.0 Å². The van der Waals surface area contributed by atoms with Crippen molar-refractivity contribution in [2.24, 2.45) is 0 Å². The van der Waals surface area contributed by atoms with E-state index in [1.807, 2.05) is 18.2 Å². The highest BCUT2D eigenvalue weighted by Crippen LogP contribution is 2.28. The van der Waals surface area contributed by atoms with E-state index in [0.717, 1.165) is 27.4 Å². The summed E-state index contributed by atoms with van der Waals surface area (Å²) in [4.78, 5) is 11.0. The van der Waals surface area contributed by atoms with Gasteiger partial charge in [-0.25, -0.2) is 0 Å². The molecule has 2 rings (SSSR count). The smallest absolute Gasteiger partial charge is 0.216 e. The third-order valence-electron chi connectivity index (χ3n) is 3.30. The summed E-state index contributed by atoms with van der Waals surface area (Å²) < 4.78 is 11.7. The first-order valence-electron chi connectivity index (χ1n) is 7.18. The Morgan fingerprint density at radius 1 is 1.23 bits per heavy atom. The Bertz CT molecular complexity index is 658. The lowest BCUT2D eigenvalue weighted by Gasteiger charge is -2.11. The predicted octanol–water partition coefficient (Wildman–Crippen LogP) is 3.31. The number of ether oxygens (including phenoxy) is 2. The molecule has 0 aliphatic carbocycles. The van der Waals surface area contributed by atoms with Crippen LogP contribution in [0.15, 0.2) is 34.8 Å². The van der Waals surface area contributed by atoms with E-state index in [1.165, 1.54) is 12.5 Å². The third kappa shape index (κ3) is 4.71. The van der Waals surface area contributed by atoms with Gasteiger partial charge in [0, 0.05) is 25.1 Å². The highest BCUT2D eigenvalue weighted by molar-refractivity contribution is 9.10. The molecule has 1 amide bonds. The summed E-state index contributed by atoms with van der Waals surface area (Å²) in [5.41, 5.74) is 1.18. The molecular weight excluding hydrogens is 346 g/mol. The molecule has 1 N–H and O–H groups in total. The van der Waals surface area contributed by atoms with E-state index < -0.39 is 0 Å². The van der Waals surface area contributed by atoms with E-state index in [4.69, 9.17) is 9.47 Å². The highest BCUT2D eigenvalue weighted by atomic mass is 79.9. The fourth-order valence-corrected chi connectivity index (χ4v) is 2.81. The quantitative estimate of drug-likeness (QED) is 0.765. The van der Waals surface area contributed by atoms with E-state index >= 15 is 0 Å². The minimum atomic E-state index is -0.0112. The number of halogens is 1. The number of carbonyl (C=O) groups is 1. The molecule has 0 heterocycles. The molecule has 118 valence electrons. The Morgan fingerprint density at radius 3 is 2.77 bits per heavy atom. The lowest BCUT2D eigenvalue weighted by Crippen LogP contribution is -2.22. The van der Waals surface area contributed by atoms with Gasteiger partial charge in [0.2, 0.25) is 5.91 Å². The van der Waals surface area contributed by atoms with E-state index in [2.05, 4.69) is 33.4 Å². The van der Waals surface area contributed by atoms with Gasteiger partial charge in [-0.15, -0.1) is 0 Å². The summed E-state index contributed by atoms with van der Waals surface area (Å²) >= 11 is 3.54. The van der Waals surface area contributed by atoms with Gasteiger partial charge in [0.05, 0.1) is 6.61 Å². The molecule has 4 nitrogen and oxygen atoms in total. The van der Waals surface area contributed by atoms with Crippen LogP contribution in [0.25, 0.3) is 10.8 Å². The third-order valence-corrected chi connectivity index (χ3v) is 3.76. The van der Waals surface area contributed by atoms with Crippen molar-refractivity contribution in [2.45, 2.75) is 13.3 Å². The second-order valence-corrected chi connectivity index (χ2v) is 5.94. The first kappa shape index (κ1) is 16.8. The molecule has 0 spiro atoms. The van der Waals surface area contributed by atoms with Crippen molar-refractivity contribution in [1.82, 2.24) is 5.32 Å². The van der Waals surface area contributed by atoms with Crippen LogP contribution in [0.1, 0.15) is 12.5 Å². The van der Waals surface area contributed by atoms with Gasteiger partial charge in [0.25, 0.3) is 0 Å². The van der Waals surface area contributed by atoms with Gasteiger partial charge in [-0.2, -0.15) is 0 Å². The van der Waals surface area contributed by atoms with Crippen LogP contribution in [0.3, 0.4) is 0 Å². The molecule has 0 atom stereocenters. The van der Waals surface area contributed by atoms with E-state index in [-0.39, 0.29) is 5.91 Å². The molecule has 0 radical (unpaired) electrons. The van der Waals surface area contributed by atoms with Gasteiger partial charge in [-0.1, -0.05) is 22.0 Å². The summed E-state index contributed by atoms with van der Waals surface area (Å²) in [6, 6.07) is 10.2. The highest BCUT2D eigenvalue weighted by Gasteiger charge is 2.06. The first-order valence-corrected chi connectivity index (χ1v) is 7.98. The summed E-state index contributed by atoms with van der Waals surface area (Å²) in [5, 5.41) is 5.12. The fraction of sp³-hybridized carbons (Fsp3) is 0.353. The Hall–Kier alpha value is -1.59. The molecule has 22 heavy (non-hydrogen) atoms. The van der Waals surface area contributed by atoms with Crippen molar-refractivity contribution in [2.75, 3.05) is 26.9 Å². The predicted molar refractivity (Wildman–Crippen MR) is 91.4 cm³/mol. The molecule has 2 aromatic carbocycles. The van der Waals surface area contributed by atoms with Crippen molar-refractivity contribution in [3.8, 4) is 5.75 Å². The fourth-order valence-electron chi connectivity index (χ4n) is 2.29. The van der Waals surface area contributed by atoms with Gasteiger partial charge >= 0.3 is 0 Å². The Labute approximate surface area is 138 Å². The van der Waals surface area contributed by atoms with Crippen molar-refractivity contribution >= 4 is 32.6 Å². The monoisotopic (exact) mass is 365 g/mol. The minimum absolute atomic E-state index is 0.0112. The second kappa shape index (κ2) is 8.15. The normalized spacial score (nSPS) is 10.7. The van der Waals surface area contributed by atoms with Crippen LogP contribution < -0.4 is 10.1 Å². The Balaban J connectivity index is 2.23. The number of fused-ring (bicyclic) bond motifs is 1. The van der Waals surface area contributed by atoms with E-state index in [0.29, 0.717) is 19.8 Å². The number of nitrogens with one attached hydrogen (secondary N) is 1. The van der Waals surface area contributed by atoms with Crippen molar-refractivity contribution in [3.63, 3.8) is 0 Å². The average Bonchev–Trinajstić information content (AvgIpc) is 2.47. The van der Waals surface area contributed by atoms with Crippen LogP contribution in [0.5, 0.6) is 5.75 Å². The number of carbonyl (C=O) groups excluding carboxylic acids is 1. The van der Waals surface area contributed by atoms with Crippen LogP contribution in [0.4, 0.5) is 0 Å². The van der Waals surface area contributed by atoms with Crippen LogP contribution in [0.2, 0.25) is 0 Å². The summed E-state index contributed by atoms with van der Waals surface area (Å²) in [5.74, 6) is 0.815. The van der Waals surface area contributed by atoms with E-state index in [1.54, 1.807) is 7.11 Å². The Kier molecular flexibility index (Phi) is 6.21. The van der Waals surface area contributed by atoms with Crippen LogP contribution in [-0.4, -0.2) is 32.8 Å². The number of benzene rings is 2. The zero-order chi connectivity index (χ0) is 15.9. The first-order chi connectivity index (χ1) is 10.6. The number of methoxy groups -OCH3 is 1. The van der Waals surface area contributed by atoms with E-state index in [9.17, 15) is 4.79 Å². The molecule has 0 saturated carbocycles. The summed E-state index contributed by atoms with van der Waals surface area (Å²) in [6.07, 6.45) is 0.775. The summed E-state index contributed by atoms with van der Waals surface area (Å²) in [6.45, 7) is 3.24. The topological polar surface area (TPSA) is 47.6 Å². The zero-order valence-electron chi connectivity index (χ0n) is 12.8. The average molecular weight is 366 g/mol. The van der Waals surface area contributed by atoms with Gasteiger partial charge in [0.1, 0.15) is 12.4 Å². The maximum atomic E-state index is 11.0. The molecule has 0 aliphatic heterocycles. The van der Waals surface area contributed by atoms with Gasteiger partial charge < -0.3 is 14.8 Å². The second-order valence-electron chi connectivity index (χ2n) is 5.02. The largest absolute Gasteiger partial charge is 0.491 e. The molecule has 2 aromatic rings. The number of hydrogen-bond donors (Lipinski definition) is 1. The molecule has 0 aromatic heterocycles. The lowest BCUT2D eigenvalue weighted by molar-refractivity contribution is -0.118. The molecule has 0 unspecified atom stereocenters. The van der Waals surface area contributed by atoms with Crippen LogP contribution >= 0.6 is 15.9 Å². The van der Waals surface area contributed by atoms with Gasteiger partial charge in [-0.3, -0.25) is 4.79 Å². The van der Waals surface area contributed by atoms with Crippen molar-refractivity contribution < 1.29 is 14.3 Å². The lowest BCUT2D eigenvalue weighted by atomic mass is 10.0. The molecule has 0 aliphatic rings. The van der Waals surface area contributed by atoms with Crippen molar-refractivity contribution in [1.29, 1.82) is 0 Å². The maximum Gasteiger partial charge on any atom is 0.216 e. The maximum absolute atomic E-state index is 11.0. The molecule has 0 saturated heterocycles.